The van der Waals surface area contributed by atoms with Crippen molar-refractivity contribution >= 4 is 5.57 Å². The third-order valence-electron chi connectivity index (χ3n) is 5.38. The van der Waals surface area contributed by atoms with Gasteiger partial charge in [0.25, 0.3) is 0 Å². The zero-order valence-corrected chi connectivity index (χ0v) is 15.0. The molecule has 2 heterocycles. The number of nitrogens with zero attached hydrogens (tertiary/aromatic N) is 1. The van der Waals surface area contributed by atoms with Crippen LogP contribution in [0.25, 0.3) is 5.57 Å². The quantitative estimate of drug-likeness (QED) is 0.707. The van der Waals surface area contributed by atoms with E-state index >= 15 is 0 Å². The van der Waals surface area contributed by atoms with Crippen LogP contribution in [0.15, 0.2) is 54.6 Å². The fraction of sp³-hybridized carbons (Fsp3) is 0.364. The number of hydrogen-bond donors (Lipinski definition) is 0. The maximum absolute atomic E-state index is 14.6. The molecule has 1 saturated heterocycles. The van der Waals surface area contributed by atoms with Gasteiger partial charge >= 0.3 is 0 Å². The first-order valence-corrected chi connectivity index (χ1v) is 9.16. The van der Waals surface area contributed by atoms with Crippen molar-refractivity contribution in [3.05, 3.63) is 71.6 Å². The van der Waals surface area contributed by atoms with E-state index in [2.05, 4.69) is 41.3 Å². The fourth-order valence-corrected chi connectivity index (χ4v) is 4.13. The predicted octanol–water partition coefficient (Wildman–Crippen LogP) is 4.63. The number of hydrogen-bond acceptors (Lipinski definition) is 3. The summed E-state index contributed by atoms with van der Waals surface area (Å²) in [7, 11) is 1.55. The highest BCUT2D eigenvalue weighted by Gasteiger charge is 2.36. The van der Waals surface area contributed by atoms with E-state index in [4.69, 9.17) is 9.47 Å². The van der Waals surface area contributed by atoms with E-state index < -0.39 is 0 Å². The van der Waals surface area contributed by atoms with E-state index in [0.717, 1.165) is 25.0 Å². The molecule has 2 aliphatic heterocycles. The number of methoxy groups -OCH3 is 1. The van der Waals surface area contributed by atoms with Crippen LogP contribution < -0.4 is 4.74 Å². The number of benzene rings is 2. The largest absolute Gasteiger partial charge is 0.467 e. The smallest absolute Gasteiger partial charge is 0.188 e. The van der Waals surface area contributed by atoms with Crippen molar-refractivity contribution in [3.8, 4) is 5.75 Å². The van der Waals surface area contributed by atoms with E-state index in [-0.39, 0.29) is 12.6 Å². The first-order chi connectivity index (χ1) is 12.7. The maximum Gasteiger partial charge on any atom is 0.188 e. The Balaban J connectivity index is 1.52. The van der Waals surface area contributed by atoms with Crippen LogP contribution in [0.4, 0.5) is 4.39 Å². The van der Waals surface area contributed by atoms with Crippen molar-refractivity contribution in [2.45, 2.75) is 37.9 Å². The molecular weight excluding hydrogens is 329 g/mol. The molecule has 0 radical (unpaired) electrons. The van der Waals surface area contributed by atoms with Crippen molar-refractivity contribution in [1.29, 1.82) is 0 Å². The lowest BCUT2D eigenvalue weighted by Gasteiger charge is -2.34. The summed E-state index contributed by atoms with van der Waals surface area (Å²) in [6.45, 7) is 1.09. The predicted molar refractivity (Wildman–Crippen MR) is 100 cm³/mol. The number of rotatable bonds is 6. The third kappa shape index (κ3) is 3.53. The standard InChI is InChI=1S/C22H24FNO2/c1-25-15-26-20-9-10-21(22(23)13-20)17-11-18-7-8-19(12-17)24(18)14-16-5-3-2-4-6-16/h2-6,9-11,13,18-19H,7-8,12,14-15H2,1H3. The van der Waals surface area contributed by atoms with Gasteiger partial charge in [0.05, 0.1) is 0 Å². The lowest BCUT2D eigenvalue weighted by Crippen LogP contribution is -2.37. The molecule has 2 bridgehead atoms. The van der Waals surface area contributed by atoms with Gasteiger partial charge in [0, 0.05) is 37.4 Å². The molecule has 4 heteroatoms. The normalized spacial score (nSPS) is 22.3. The van der Waals surface area contributed by atoms with Gasteiger partial charge in [-0.05, 0) is 42.5 Å². The Bertz CT molecular complexity index is 790. The molecular formula is C22H24FNO2. The lowest BCUT2D eigenvalue weighted by atomic mass is 9.94. The van der Waals surface area contributed by atoms with Gasteiger partial charge in [0.15, 0.2) is 6.79 Å². The van der Waals surface area contributed by atoms with E-state index in [0.29, 0.717) is 23.4 Å². The van der Waals surface area contributed by atoms with Gasteiger partial charge in [-0.25, -0.2) is 4.39 Å². The molecule has 2 aromatic rings. The molecule has 0 aliphatic carbocycles. The summed E-state index contributed by atoms with van der Waals surface area (Å²) in [5.74, 6) is 0.277. The van der Waals surface area contributed by atoms with E-state index in [9.17, 15) is 4.39 Å². The average molecular weight is 353 g/mol. The SMILES string of the molecule is COCOc1ccc(C2=CC3CCC(C2)N3Cc2ccccc2)c(F)c1. The molecule has 0 aromatic heterocycles. The van der Waals surface area contributed by atoms with Crippen LogP contribution in [0.3, 0.4) is 0 Å². The molecule has 26 heavy (non-hydrogen) atoms. The molecule has 1 fully saturated rings. The molecule has 4 rings (SSSR count). The van der Waals surface area contributed by atoms with E-state index in [1.807, 2.05) is 12.1 Å². The van der Waals surface area contributed by atoms with Crippen molar-refractivity contribution in [2.75, 3.05) is 13.9 Å². The molecule has 0 spiro atoms. The Morgan fingerprint density at radius 2 is 1.96 bits per heavy atom. The van der Waals surface area contributed by atoms with Crippen LogP contribution in [0.2, 0.25) is 0 Å². The highest BCUT2D eigenvalue weighted by molar-refractivity contribution is 5.69. The van der Waals surface area contributed by atoms with Crippen LogP contribution in [0.5, 0.6) is 5.75 Å². The Hall–Kier alpha value is -2.17. The van der Waals surface area contributed by atoms with Gasteiger partial charge in [0.2, 0.25) is 0 Å². The van der Waals surface area contributed by atoms with Crippen LogP contribution in [0.1, 0.15) is 30.4 Å². The van der Waals surface area contributed by atoms with Gasteiger partial charge in [0.1, 0.15) is 11.6 Å². The molecule has 3 nitrogen and oxygen atoms in total. The van der Waals surface area contributed by atoms with Crippen molar-refractivity contribution in [1.82, 2.24) is 4.90 Å². The number of fused-ring (bicyclic) bond motifs is 2. The second-order valence-electron chi connectivity index (χ2n) is 7.04. The summed E-state index contributed by atoms with van der Waals surface area (Å²) in [4.78, 5) is 2.56. The summed E-state index contributed by atoms with van der Waals surface area (Å²) in [6.07, 6.45) is 5.49. The molecule has 2 aromatic carbocycles. The summed E-state index contributed by atoms with van der Waals surface area (Å²) < 4.78 is 24.8. The van der Waals surface area contributed by atoms with Crippen LogP contribution in [-0.2, 0) is 11.3 Å². The monoisotopic (exact) mass is 353 g/mol. The van der Waals surface area contributed by atoms with Gasteiger partial charge in [-0.1, -0.05) is 36.4 Å². The van der Waals surface area contributed by atoms with Gasteiger partial charge in [-0.2, -0.15) is 0 Å². The first kappa shape index (κ1) is 17.3. The van der Waals surface area contributed by atoms with E-state index in [1.165, 1.54) is 18.1 Å². The highest BCUT2D eigenvalue weighted by atomic mass is 19.1. The Morgan fingerprint density at radius 3 is 2.69 bits per heavy atom. The summed E-state index contributed by atoms with van der Waals surface area (Å²) >= 11 is 0. The molecule has 2 unspecified atom stereocenters. The van der Waals surface area contributed by atoms with Crippen LogP contribution >= 0.6 is 0 Å². The second-order valence-corrected chi connectivity index (χ2v) is 7.04. The van der Waals surface area contributed by atoms with Crippen LogP contribution in [-0.4, -0.2) is 30.9 Å². The summed E-state index contributed by atoms with van der Waals surface area (Å²) in [6, 6.07) is 16.6. The zero-order chi connectivity index (χ0) is 17.9. The third-order valence-corrected chi connectivity index (χ3v) is 5.38. The van der Waals surface area contributed by atoms with Gasteiger partial charge in [-0.3, -0.25) is 4.90 Å². The molecule has 2 aliphatic rings. The molecule has 0 saturated carbocycles. The maximum atomic E-state index is 14.6. The Morgan fingerprint density at radius 1 is 1.12 bits per heavy atom. The minimum absolute atomic E-state index is 0.125. The zero-order valence-electron chi connectivity index (χ0n) is 15.0. The minimum Gasteiger partial charge on any atom is -0.467 e. The van der Waals surface area contributed by atoms with Crippen LogP contribution in [0, 0.1) is 5.82 Å². The Kier molecular flexibility index (Phi) is 5.05. The van der Waals surface area contributed by atoms with Crippen molar-refractivity contribution in [2.24, 2.45) is 0 Å². The second kappa shape index (κ2) is 7.60. The van der Waals surface area contributed by atoms with Gasteiger partial charge < -0.3 is 9.47 Å². The van der Waals surface area contributed by atoms with Crippen molar-refractivity contribution < 1.29 is 13.9 Å². The molecule has 136 valence electrons. The fourth-order valence-electron chi connectivity index (χ4n) is 4.13. The Labute approximate surface area is 154 Å². The minimum atomic E-state index is -0.222. The van der Waals surface area contributed by atoms with Gasteiger partial charge in [-0.15, -0.1) is 0 Å². The topological polar surface area (TPSA) is 21.7 Å². The van der Waals surface area contributed by atoms with Crippen molar-refractivity contribution in [3.63, 3.8) is 0 Å². The highest BCUT2D eigenvalue weighted by Crippen LogP contribution is 2.40. The first-order valence-electron chi connectivity index (χ1n) is 9.16. The summed E-state index contributed by atoms with van der Waals surface area (Å²) in [5, 5.41) is 0. The lowest BCUT2D eigenvalue weighted by molar-refractivity contribution is 0.0509. The average Bonchev–Trinajstić information content (AvgIpc) is 2.89. The number of halogens is 1. The number of ether oxygens (including phenoxy) is 2. The molecule has 0 N–H and O–H groups in total. The molecule has 2 atom stereocenters. The molecule has 0 amide bonds. The summed E-state index contributed by atoms with van der Waals surface area (Å²) in [5.41, 5.74) is 3.16. The van der Waals surface area contributed by atoms with E-state index in [1.54, 1.807) is 7.11 Å².